The number of nitrogens with one attached hydrogen (secondary N) is 1. The second-order valence-electron chi connectivity index (χ2n) is 6.66. The summed E-state index contributed by atoms with van der Waals surface area (Å²) >= 11 is 3.49. The fraction of sp³-hybridized carbons (Fsp3) is 0.444. The fourth-order valence-corrected chi connectivity index (χ4v) is 3.87. The lowest BCUT2D eigenvalue weighted by molar-refractivity contribution is 0.394. The fourth-order valence-electron chi connectivity index (χ4n) is 3.19. The number of aryl methyl sites for hydroxylation is 2. The van der Waals surface area contributed by atoms with Gasteiger partial charge in [0.25, 0.3) is 10.9 Å². The predicted octanol–water partition coefficient (Wildman–Crippen LogP) is 3.25. The highest BCUT2D eigenvalue weighted by molar-refractivity contribution is 9.10. The molecular weight excluding hydrogens is 356 g/mol. The second kappa shape index (κ2) is 6.57. The summed E-state index contributed by atoms with van der Waals surface area (Å²) in [5.41, 5.74) is 3.82. The molecule has 0 unspecified atom stereocenters. The van der Waals surface area contributed by atoms with E-state index in [-0.39, 0.29) is 5.43 Å². The van der Waals surface area contributed by atoms with Gasteiger partial charge in [0.15, 0.2) is 5.69 Å². The first-order valence-corrected chi connectivity index (χ1v) is 8.64. The maximum Gasteiger partial charge on any atom is 0.290 e. The van der Waals surface area contributed by atoms with E-state index in [1.54, 1.807) is 0 Å². The molecule has 0 saturated carbocycles. The maximum atomic E-state index is 12.0. The zero-order chi connectivity index (χ0) is 17.4. The summed E-state index contributed by atoms with van der Waals surface area (Å²) in [5, 5.41) is 3.21. The Balaban J connectivity index is 2.28. The van der Waals surface area contributed by atoms with Gasteiger partial charge in [-0.05, 0) is 49.1 Å². The molecule has 124 valence electrons. The predicted molar refractivity (Wildman–Crippen MR) is 101 cm³/mol. The van der Waals surface area contributed by atoms with Gasteiger partial charge in [-0.1, -0.05) is 22.9 Å². The van der Waals surface area contributed by atoms with E-state index in [9.17, 15) is 9.59 Å². The van der Waals surface area contributed by atoms with Crippen molar-refractivity contribution in [1.29, 1.82) is 0 Å². The monoisotopic (exact) mass is 379 g/mol. The molecule has 0 atom stereocenters. The molecule has 1 N–H and O–H groups in total. The summed E-state index contributed by atoms with van der Waals surface area (Å²) in [6, 6.07) is 4.12. The Morgan fingerprint density at radius 3 is 2.17 bits per heavy atom. The van der Waals surface area contributed by atoms with Crippen LogP contribution in [0.25, 0.3) is 0 Å². The van der Waals surface area contributed by atoms with Crippen molar-refractivity contribution in [2.24, 2.45) is 0 Å². The van der Waals surface area contributed by atoms with Crippen LogP contribution in [0, 0.1) is 13.8 Å². The normalized spacial score (nSPS) is 11.9. The number of halogens is 1. The molecule has 0 aliphatic carbocycles. The van der Waals surface area contributed by atoms with Crippen LogP contribution in [0.3, 0.4) is 0 Å². The van der Waals surface area contributed by atoms with Crippen molar-refractivity contribution in [3.63, 3.8) is 0 Å². The summed E-state index contributed by atoms with van der Waals surface area (Å²) in [6.45, 7) is 7.56. The minimum absolute atomic E-state index is 0.352. The van der Waals surface area contributed by atoms with Gasteiger partial charge in [-0.15, -0.1) is 0 Å². The molecule has 0 heterocycles. The van der Waals surface area contributed by atoms with E-state index in [0.29, 0.717) is 22.4 Å². The Bertz CT molecular complexity index is 779. The number of nitrogens with zero attached hydrogens (tertiary/aromatic N) is 1. The molecule has 5 heteroatoms. The number of quaternary nitrogens is 1. The van der Waals surface area contributed by atoms with Gasteiger partial charge >= 0.3 is 0 Å². The van der Waals surface area contributed by atoms with E-state index in [4.69, 9.17) is 0 Å². The largest absolute Gasteiger partial charge is 0.373 e. The Morgan fingerprint density at radius 2 is 1.65 bits per heavy atom. The van der Waals surface area contributed by atoms with Crippen molar-refractivity contribution in [2.45, 2.75) is 33.7 Å². The van der Waals surface area contributed by atoms with Crippen molar-refractivity contribution >= 4 is 27.3 Å². The van der Waals surface area contributed by atoms with Crippen molar-refractivity contribution in [3.05, 3.63) is 53.7 Å². The third-order valence-electron chi connectivity index (χ3n) is 4.38. The highest BCUT2D eigenvalue weighted by Crippen LogP contribution is 2.26. The van der Waals surface area contributed by atoms with Crippen molar-refractivity contribution in [2.75, 3.05) is 26.0 Å². The first-order valence-electron chi connectivity index (χ1n) is 7.85. The first kappa shape index (κ1) is 17.9. The number of hydrogen-bond donors (Lipinski definition) is 1. The maximum absolute atomic E-state index is 12.0. The van der Waals surface area contributed by atoms with Crippen molar-refractivity contribution in [3.8, 4) is 0 Å². The SMILES string of the molecule is CCC[N+](C)(C)c1c(NCc2c(C)cc(Br)cc2C)c(=O)c1=O. The first-order chi connectivity index (χ1) is 10.7. The van der Waals surface area contributed by atoms with Gasteiger partial charge in [0, 0.05) is 11.0 Å². The highest BCUT2D eigenvalue weighted by atomic mass is 79.9. The molecule has 0 saturated heterocycles. The summed E-state index contributed by atoms with van der Waals surface area (Å²) in [6.07, 6.45) is 0.955. The van der Waals surface area contributed by atoms with Crippen LogP contribution in [0.4, 0.5) is 11.4 Å². The minimum Gasteiger partial charge on any atom is -0.373 e. The highest BCUT2D eigenvalue weighted by Gasteiger charge is 2.34. The van der Waals surface area contributed by atoms with Crippen LogP contribution in [-0.4, -0.2) is 20.6 Å². The lowest BCUT2D eigenvalue weighted by Gasteiger charge is -2.31. The molecule has 4 nitrogen and oxygen atoms in total. The molecule has 0 aliphatic heterocycles. The number of rotatable bonds is 6. The van der Waals surface area contributed by atoms with Gasteiger partial charge < -0.3 is 5.32 Å². The van der Waals surface area contributed by atoms with Gasteiger partial charge in [-0.2, -0.15) is 0 Å². The molecule has 0 aliphatic rings. The van der Waals surface area contributed by atoms with Crippen LogP contribution in [0.15, 0.2) is 26.2 Å². The Labute approximate surface area is 145 Å². The molecular formula is C18H24BrN2O2+. The van der Waals surface area contributed by atoms with Crippen LogP contribution in [-0.2, 0) is 6.54 Å². The van der Waals surface area contributed by atoms with E-state index < -0.39 is 5.43 Å². The average Bonchev–Trinajstić information content (AvgIpc) is 2.43. The zero-order valence-electron chi connectivity index (χ0n) is 14.4. The molecule has 2 aromatic rings. The summed E-state index contributed by atoms with van der Waals surface area (Å²) in [7, 11) is 3.95. The van der Waals surface area contributed by atoms with Crippen LogP contribution in [0.5, 0.6) is 0 Å². The van der Waals surface area contributed by atoms with Gasteiger partial charge in [-0.25, -0.2) is 0 Å². The minimum atomic E-state index is -0.394. The Kier molecular flexibility index (Phi) is 5.11. The molecule has 0 fully saturated rings. The second-order valence-corrected chi connectivity index (χ2v) is 7.58. The van der Waals surface area contributed by atoms with E-state index in [1.165, 1.54) is 0 Å². The van der Waals surface area contributed by atoms with E-state index in [2.05, 4.69) is 54.2 Å². The average molecular weight is 380 g/mol. The van der Waals surface area contributed by atoms with Crippen LogP contribution in [0.1, 0.15) is 30.0 Å². The van der Waals surface area contributed by atoms with E-state index >= 15 is 0 Å². The summed E-state index contributed by atoms with van der Waals surface area (Å²) in [4.78, 5) is 24.0. The molecule has 23 heavy (non-hydrogen) atoms. The number of hydrogen-bond acceptors (Lipinski definition) is 3. The topological polar surface area (TPSA) is 46.2 Å². The van der Waals surface area contributed by atoms with Gasteiger partial charge in [0.05, 0.1) is 20.6 Å². The molecule has 0 radical (unpaired) electrons. The molecule has 0 bridgehead atoms. The van der Waals surface area contributed by atoms with E-state index in [1.807, 2.05) is 14.1 Å². The van der Waals surface area contributed by atoms with Gasteiger partial charge in [0.1, 0.15) is 0 Å². The van der Waals surface area contributed by atoms with Crippen LogP contribution in [0.2, 0.25) is 0 Å². The molecule has 2 aromatic carbocycles. The van der Waals surface area contributed by atoms with Crippen molar-refractivity contribution < 1.29 is 0 Å². The molecule has 2 rings (SSSR count). The zero-order valence-corrected chi connectivity index (χ0v) is 16.0. The number of benzene rings is 1. The third kappa shape index (κ3) is 3.40. The number of anilines is 1. The Hall–Kier alpha value is -1.46. The van der Waals surface area contributed by atoms with Crippen LogP contribution < -0.4 is 20.7 Å². The van der Waals surface area contributed by atoms with E-state index in [0.717, 1.165) is 34.1 Å². The molecule has 0 spiro atoms. The lowest BCUT2D eigenvalue weighted by Crippen LogP contribution is -2.51. The molecule has 0 amide bonds. The quantitative estimate of drug-likeness (QED) is 0.618. The Morgan fingerprint density at radius 1 is 1.09 bits per heavy atom. The van der Waals surface area contributed by atoms with Gasteiger partial charge in [0.2, 0.25) is 5.69 Å². The molecule has 0 aromatic heterocycles. The summed E-state index contributed by atoms with van der Waals surface area (Å²) in [5.74, 6) is 0. The van der Waals surface area contributed by atoms with Crippen LogP contribution >= 0.6 is 15.9 Å². The van der Waals surface area contributed by atoms with Crippen molar-refractivity contribution in [1.82, 2.24) is 4.48 Å². The summed E-state index contributed by atoms with van der Waals surface area (Å²) < 4.78 is 1.49. The smallest absolute Gasteiger partial charge is 0.290 e. The lowest BCUT2D eigenvalue weighted by atomic mass is 10.0. The van der Waals surface area contributed by atoms with Gasteiger partial charge in [-0.3, -0.25) is 14.1 Å². The third-order valence-corrected chi connectivity index (χ3v) is 4.83. The standard InChI is InChI=1S/C18H23BrN2O2/c1-6-7-21(4,5)16-15(17(22)18(16)23)20-10-14-11(2)8-13(19)9-12(14)3/h8-9H,6-7,10H2,1-5H3/p+1.